The number of anilines is 1. The molecule has 1 aromatic heterocycles. The number of hydroxylamine groups is 2. The zero-order valence-electron chi connectivity index (χ0n) is 15.5. The number of rotatable bonds is 8. The summed E-state index contributed by atoms with van der Waals surface area (Å²) in [6.45, 7) is -1.30. The van der Waals surface area contributed by atoms with Crippen molar-refractivity contribution in [2.24, 2.45) is 5.16 Å². The number of carboxylic acids is 2. The molecule has 3 heterocycles. The van der Waals surface area contributed by atoms with Gasteiger partial charge in [-0.3, -0.25) is 19.2 Å². The number of nitrogens with two attached hydrogens (primary N) is 1. The van der Waals surface area contributed by atoms with Crippen molar-refractivity contribution in [3.63, 3.8) is 0 Å². The van der Waals surface area contributed by atoms with Crippen LogP contribution in [-0.2, 0) is 38.4 Å². The second kappa shape index (κ2) is 12.1. The number of carboxylic acid groups (broad SMARTS) is 2. The molecule has 2 aliphatic rings. The van der Waals surface area contributed by atoms with Gasteiger partial charge < -0.3 is 30.8 Å². The minimum atomic E-state index is -2.33. The van der Waals surface area contributed by atoms with Crippen molar-refractivity contribution in [3.8, 4) is 0 Å². The first-order chi connectivity index (χ1) is 14.6. The van der Waals surface area contributed by atoms with Gasteiger partial charge in [0.2, 0.25) is 6.61 Å². The number of thiazole rings is 1. The van der Waals surface area contributed by atoms with Crippen molar-refractivity contribution in [2.45, 2.75) is 24.6 Å². The Bertz CT molecular complexity index is 988. The number of oxime groups is 1. The number of aromatic nitrogens is 1. The van der Waals surface area contributed by atoms with Gasteiger partial charge in [0.1, 0.15) is 18.3 Å². The van der Waals surface area contributed by atoms with Crippen LogP contribution in [0.2, 0.25) is 0 Å². The van der Waals surface area contributed by atoms with Crippen LogP contribution >= 0.6 is 11.3 Å². The van der Waals surface area contributed by atoms with E-state index in [0.29, 0.717) is 5.06 Å². The van der Waals surface area contributed by atoms with E-state index in [-0.39, 0.29) is 82.8 Å². The van der Waals surface area contributed by atoms with Gasteiger partial charge in [0, 0.05) is 11.8 Å². The molecule has 15 nitrogen and oxygen atoms in total. The number of carbonyl (C=O) groups is 5. The minimum absolute atomic E-state index is 0. The molecular formula is C15H17N5Na2O10S. The quantitative estimate of drug-likeness (QED) is 0.118. The summed E-state index contributed by atoms with van der Waals surface area (Å²) in [7, 11) is 0. The second-order valence-corrected chi connectivity index (χ2v) is 7.09. The Balaban J connectivity index is 0.00000272. The number of nitrogen functional groups attached to an aromatic ring is 1. The van der Waals surface area contributed by atoms with Crippen LogP contribution in [0.15, 0.2) is 10.5 Å². The number of hydrogen-bond donors (Lipinski definition) is 4. The van der Waals surface area contributed by atoms with Crippen LogP contribution in [0.25, 0.3) is 0 Å². The fourth-order valence-corrected chi connectivity index (χ4v) is 3.28. The van der Waals surface area contributed by atoms with Crippen molar-refractivity contribution >= 4 is 111 Å². The first-order valence-electron chi connectivity index (χ1n) is 8.50. The van der Waals surface area contributed by atoms with E-state index in [0.717, 1.165) is 11.3 Å². The van der Waals surface area contributed by atoms with Crippen molar-refractivity contribution in [3.05, 3.63) is 11.1 Å². The molecule has 0 aliphatic carbocycles. The van der Waals surface area contributed by atoms with Gasteiger partial charge in [-0.2, -0.15) is 5.06 Å². The maximum atomic E-state index is 12.7. The molecule has 1 unspecified atom stereocenters. The second-order valence-electron chi connectivity index (χ2n) is 6.20. The van der Waals surface area contributed by atoms with Crippen LogP contribution in [-0.4, -0.2) is 140 Å². The van der Waals surface area contributed by atoms with Crippen molar-refractivity contribution in [2.75, 3.05) is 18.9 Å². The van der Waals surface area contributed by atoms with E-state index in [4.69, 9.17) is 20.4 Å². The number of aliphatic carboxylic acids is 2. The predicted molar refractivity (Wildman–Crippen MR) is 111 cm³/mol. The third kappa shape index (κ3) is 6.42. The zero-order chi connectivity index (χ0) is 22.8. The van der Waals surface area contributed by atoms with Gasteiger partial charge in [-0.1, -0.05) is 5.16 Å². The Morgan fingerprint density at radius 1 is 1.36 bits per heavy atom. The van der Waals surface area contributed by atoms with Crippen LogP contribution in [0.1, 0.15) is 18.5 Å². The van der Waals surface area contributed by atoms with Crippen LogP contribution in [0, 0.1) is 0 Å². The Kier molecular flexibility index (Phi) is 10.7. The van der Waals surface area contributed by atoms with E-state index in [2.05, 4.69) is 20.3 Å². The average molecular weight is 505 g/mol. The van der Waals surface area contributed by atoms with E-state index in [9.17, 15) is 29.1 Å². The molecule has 0 aromatic carbocycles. The van der Waals surface area contributed by atoms with E-state index < -0.39 is 60.4 Å². The van der Waals surface area contributed by atoms with Crippen LogP contribution in [0.3, 0.4) is 0 Å². The Morgan fingerprint density at radius 2 is 2.06 bits per heavy atom. The zero-order valence-corrected chi connectivity index (χ0v) is 16.3. The van der Waals surface area contributed by atoms with Gasteiger partial charge in [0.05, 0.1) is 6.42 Å². The summed E-state index contributed by atoms with van der Waals surface area (Å²) in [6, 6.07) is -1.36. The third-order valence-electron chi connectivity index (χ3n) is 4.11. The maximum absolute atomic E-state index is 12.7. The predicted octanol–water partition coefficient (Wildman–Crippen LogP) is -3.39. The molecular weight excluding hydrogens is 488 g/mol. The number of nitrogens with one attached hydrogen (secondary N) is 1. The molecule has 0 radical (unpaired) electrons. The van der Waals surface area contributed by atoms with E-state index >= 15 is 0 Å². The first-order valence-corrected chi connectivity index (χ1v) is 9.38. The normalized spacial score (nSPS) is 22.1. The van der Waals surface area contributed by atoms with E-state index in [1.54, 1.807) is 0 Å². The summed E-state index contributed by atoms with van der Waals surface area (Å²) < 4.78 is 4.82. The molecule has 0 saturated carbocycles. The fourth-order valence-electron chi connectivity index (χ4n) is 2.73. The molecule has 0 bridgehead atoms. The topological polar surface area (TPSA) is 220 Å². The van der Waals surface area contributed by atoms with Crippen LogP contribution in [0.5, 0.6) is 0 Å². The summed E-state index contributed by atoms with van der Waals surface area (Å²) in [4.78, 5) is 72.6. The molecule has 3 rings (SSSR count). The number of hydrogen-bond acceptors (Lipinski definition) is 12. The summed E-state index contributed by atoms with van der Waals surface area (Å²) in [6.07, 6.45) is -0.569. The third-order valence-corrected chi connectivity index (χ3v) is 4.78. The van der Waals surface area contributed by atoms with E-state index in [1.807, 2.05) is 0 Å². The number of amides is 2. The van der Waals surface area contributed by atoms with Crippen LogP contribution < -0.4 is 11.1 Å². The molecule has 1 aromatic rings. The Morgan fingerprint density at radius 3 is 2.58 bits per heavy atom. The molecule has 33 heavy (non-hydrogen) atoms. The van der Waals surface area contributed by atoms with Gasteiger partial charge in [-0.15, -0.1) is 11.3 Å². The monoisotopic (exact) mass is 505 g/mol. The first kappa shape index (κ1) is 29.2. The summed E-state index contributed by atoms with van der Waals surface area (Å²) >= 11 is 0.974. The van der Waals surface area contributed by atoms with Crippen molar-refractivity contribution < 1.29 is 48.6 Å². The average Bonchev–Trinajstić information content (AvgIpc) is 3.39. The molecule has 170 valence electrons. The number of carbonyl (C=O) groups excluding carboxylic acids is 3. The van der Waals surface area contributed by atoms with Gasteiger partial charge >= 0.3 is 82.7 Å². The van der Waals surface area contributed by atoms with Crippen LogP contribution in [0.4, 0.5) is 5.13 Å². The SMILES string of the molecule is Nc1nc(/C(=N/OCC(=O)O)C(=O)N[C@H]2CON(C3(C(=O)O)CCC(=O)O3)C2=O)cs1.[NaH].[NaH]. The number of nitrogens with zero attached hydrogens (tertiary/aromatic N) is 3. The molecule has 2 saturated heterocycles. The van der Waals surface area contributed by atoms with Gasteiger partial charge in [0.15, 0.2) is 10.8 Å². The summed E-state index contributed by atoms with van der Waals surface area (Å²) in [5, 5.41) is 25.7. The van der Waals surface area contributed by atoms with Gasteiger partial charge in [-0.05, 0) is 0 Å². The number of cyclic esters (lactones) is 1. The molecule has 2 aliphatic heterocycles. The summed E-state index contributed by atoms with van der Waals surface area (Å²) in [5.74, 6) is -5.75. The fraction of sp³-hybridized carbons (Fsp3) is 0.400. The van der Waals surface area contributed by atoms with E-state index in [1.165, 1.54) is 5.38 Å². The van der Waals surface area contributed by atoms with Gasteiger partial charge in [-0.25, -0.2) is 14.6 Å². The van der Waals surface area contributed by atoms with Crippen molar-refractivity contribution in [1.29, 1.82) is 0 Å². The summed E-state index contributed by atoms with van der Waals surface area (Å²) in [5.41, 5.74) is 2.68. The molecule has 5 N–H and O–H groups in total. The molecule has 2 atom stereocenters. The molecule has 2 fully saturated rings. The molecule has 18 heteroatoms. The van der Waals surface area contributed by atoms with Crippen molar-refractivity contribution in [1.82, 2.24) is 15.4 Å². The Hall–Kier alpha value is -1.79. The number of ether oxygens (including phenoxy) is 1. The number of esters is 1. The Labute approximate surface area is 233 Å². The molecule has 0 spiro atoms. The van der Waals surface area contributed by atoms with Gasteiger partial charge in [0.25, 0.3) is 11.8 Å². The molecule has 2 amide bonds. The standard InChI is InChI=1S/C15H15N5O10S.2Na.2H/c16-14-18-7(5-31-14)10(19-28-4-8(21)22)11(24)17-6-3-29-20(12(6)25)15(13(26)27)2-1-9(23)30-15;;;;/h5-6H,1-4H2,(H2,16,18)(H,17,24)(H,21,22)(H,26,27);;;;/b19-10-;;;;/t6-,15?;;;;/m0..../s1.